The van der Waals surface area contributed by atoms with Gasteiger partial charge in [0, 0.05) is 46.8 Å². The molecule has 4 N–H and O–H groups in total. The average Bonchev–Trinajstić information content (AvgIpc) is 2.58. The average molecular weight is 455 g/mol. The summed E-state index contributed by atoms with van der Waals surface area (Å²) in [4.78, 5) is 0. The van der Waals surface area contributed by atoms with Gasteiger partial charge in [-0.1, -0.05) is 19.8 Å². The fraction of sp³-hybridized carbons (Fsp3) is 1.00. The number of hydrogen-bond acceptors (Lipinski definition) is 6. The van der Waals surface area contributed by atoms with E-state index in [1.807, 2.05) is 0 Å². The molecular formula is C26H54N4O2. The Balaban J connectivity index is 1.76. The number of unbranched alkanes of at least 4 members (excludes halogenated alkanes) is 2. The van der Waals surface area contributed by atoms with Gasteiger partial charge in [-0.2, -0.15) is 10.1 Å². The first kappa shape index (κ1) is 28.0. The number of nitrogens with one attached hydrogen (secondary N) is 2. The molecule has 2 fully saturated rings. The van der Waals surface area contributed by atoms with E-state index >= 15 is 0 Å². The maximum absolute atomic E-state index is 11.1. The molecule has 0 saturated carbocycles. The minimum absolute atomic E-state index is 0.0358. The molecule has 2 aliphatic heterocycles. The molecule has 2 rings (SSSR count). The molecule has 0 aromatic rings. The molecule has 32 heavy (non-hydrogen) atoms. The Hall–Kier alpha value is -0.240. The first-order valence-corrected chi connectivity index (χ1v) is 13.1. The predicted molar refractivity (Wildman–Crippen MR) is 133 cm³/mol. The van der Waals surface area contributed by atoms with E-state index < -0.39 is 0 Å². The summed E-state index contributed by atoms with van der Waals surface area (Å²) < 4.78 is 0. The van der Waals surface area contributed by atoms with Crippen LogP contribution in [-0.2, 0) is 0 Å². The number of piperidine rings is 2. The van der Waals surface area contributed by atoms with Gasteiger partial charge in [0.25, 0.3) is 0 Å². The van der Waals surface area contributed by atoms with Crippen LogP contribution in [0.1, 0.15) is 120 Å². The van der Waals surface area contributed by atoms with E-state index in [9.17, 15) is 10.4 Å². The zero-order valence-corrected chi connectivity index (χ0v) is 22.6. The van der Waals surface area contributed by atoms with Gasteiger partial charge < -0.3 is 21.0 Å². The highest BCUT2D eigenvalue weighted by Crippen LogP contribution is 2.33. The van der Waals surface area contributed by atoms with Gasteiger partial charge in [-0.05, 0) is 100 Å². The molecule has 0 aliphatic carbocycles. The van der Waals surface area contributed by atoms with Crippen molar-refractivity contribution >= 4 is 0 Å². The van der Waals surface area contributed by atoms with Crippen LogP contribution in [0.4, 0.5) is 0 Å². The minimum Gasteiger partial charge on any atom is -0.314 e. The Morgan fingerprint density at radius 2 is 1.16 bits per heavy atom. The lowest BCUT2D eigenvalue weighted by Gasteiger charge is -2.49. The van der Waals surface area contributed by atoms with Crippen LogP contribution in [0.2, 0.25) is 0 Å². The molecule has 0 radical (unpaired) electrons. The van der Waals surface area contributed by atoms with Crippen molar-refractivity contribution in [3.05, 3.63) is 0 Å². The van der Waals surface area contributed by atoms with Crippen LogP contribution in [0.5, 0.6) is 0 Å². The number of nitrogens with zero attached hydrogens (tertiary/aromatic N) is 2. The molecule has 6 heteroatoms. The fourth-order valence-corrected chi connectivity index (χ4v) is 6.77. The van der Waals surface area contributed by atoms with Crippen molar-refractivity contribution in [2.45, 2.75) is 160 Å². The van der Waals surface area contributed by atoms with Gasteiger partial charge >= 0.3 is 0 Å². The summed E-state index contributed by atoms with van der Waals surface area (Å²) in [6.45, 7) is 20.8. The summed E-state index contributed by atoms with van der Waals surface area (Å²) in [5, 5.41) is 32.4. The highest BCUT2D eigenvalue weighted by Gasteiger charge is 2.41. The van der Waals surface area contributed by atoms with Crippen molar-refractivity contribution in [1.29, 1.82) is 0 Å². The molecular weight excluding hydrogens is 400 g/mol. The van der Waals surface area contributed by atoms with Gasteiger partial charge in [-0.3, -0.25) is 0 Å². The summed E-state index contributed by atoms with van der Waals surface area (Å²) in [6, 6.07) is 0.621. The molecule has 0 aromatic carbocycles. The standard InChI is InChI=1S/C26H54N4O2/c1-10-20(30(32)22-18-25(6,7)28-26(8,9)19-22)14-12-11-13-15-29(31)21-16-23(2,3)27-24(4,5)17-21/h20-22,27-28,31-32H,10-19H2,1-9H3. The van der Waals surface area contributed by atoms with Crippen molar-refractivity contribution in [2.75, 3.05) is 6.54 Å². The van der Waals surface area contributed by atoms with E-state index in [0.717, 1.165) is 64.3 Å². The van der Waals surface area contributed by atoms with Crippen molar-refractivity contribution in [3.8, 4) is 0 Å². The smallest absolute Gasteiger partial charge is 0.0388 e. The predicted octanol–water partition coefficient (Wildman–Crippen LogP) is 5.33. The largest absolute Gasteiger partial charge is 0.314 e. The van der Waals surface area contributed by atoms with Gasteiger partial charge in [0.05, 0.1) is 0 Å². The molecule has 0 amide bonds. The van der Waals surface area contributed by atoms with Gasteiger partial charge in [0.1, 0.15) is 0 Å². The summed E-state index contributed by atoms with van der Waals surface area (Å²) in [7, 11) is 0. The minimum atomic E-state index is 0.0358. The van der Waals surface area contributed by atoms with E-state index in [1.165, 1.54) is 0 Å². The van der Waals surface area contributed by atoms with Crippen LogP contribution in [-0.4, -0.2) is 67.4 Å². The van der Waals surface area contributed by atoms with E-state index in [4.69, 9.17) is 0 Å². The second-order valence-electron chi connectivity index (χ2n) is 13.4. The maximum Gasteiger partial charge on any atom is 0.0388 e. The van der Waals surface area contributed by atoms with Crippen molar-refractivity contribution < 1.29 is 10.4 Å². The molecule has 2 aliphatic rings. The molecule has 2 saturated heterocycles. The van der Waals surface area contributed by atoms with Gasteiger partial charge in [0.2, 0.25) is 0 Å². The van der Waals surface area contributed by atoms with Crippen molar-refractivity contribution in [1.82, 2.24) is 20.8 Å². The molecule has 190 valence electrons. The van der Waals surface area contributed by atoms with Crippen molar-refractivity contribution in [3.63, 3.8) is 0 Å². The van der Waals surface area contributed by atoms with Crippen LogP contribution < -0.4 is 10.6 Å². The lowest BCUT2D eigenvalue weighted by molar-refractivity contribution is -0.181. The highest BCUT2D eigenvalue weighted by molar-refractivity contribution is 5.00. The molecule has 6 nitrogen and oxygen atoms in total. The van der Waals surface area contributed by atoms with Crippen LogP contribution in [0.25, 0.3) is 0 Å². The van der Waals surface area contributed by atoms with Gasteiger partial charge in [0.15, 0.2) is 0 Å². The van der Waals surface area contributed by atoms with Gasteiger partial charge in [-0.25, -0.2) is 0 Å². The Labute approximate surface area is 198 Å². The normalized spacial score (nSPS) is 26.5. The van der Waals surface area contributed by atoms with Crippen LogP contribution >= 0.6 is 0 Å². The Kier molecular flexibility index (Phi) is 9.25. The van der Waals surface area contributed by atoms with Crippen molar-refractivity contribution in [2.24, 2.45) is 0 Å². The SMILES string of the molecule is CCC(CCCCCN(O)C1CC(C)(C)NC(C)(C)C1)N(O)C1CC(C)(C)NC(C)(C)C1. The van der Waals surface area contributed by atoms with Gasteiger partial charge in [-0.15, -0.1) is 0 Å². The summed E-state index contributed by atoms with van der Waals surface area (Å²) >= 11 is 0. The topological polar surface area (TPSA) is 71.0 Å². The summed E-state index contributed by atoms with van der Waals surface area (Å²) in [6.07, 6.45) is 9.00. The second-order valence-corrected chi connectivity index (χ2v) is 13.4. The third kappa shape index (κ3) is 8.52. The number of hydrogen-bond donors (Lipinski definition) is 4. The summed E-state index contributed by atoms with van der Waals surface area (Å²) in [5.41, 5.74) is 0.163. The number of rotatable bonds is 10. The first-order chi connectivity index (χ1) is 14.5. The number of hydroxylamine groups is 4. The zero-order valence-electron chi connectivity index (χ0n) is 22.6. The Bertz CT molecular complexity index is 558. The monoisotopic (exact) mass is 454 g/mol. The molecule has 0 spiro atoms. The van der Waals surface area contributed by atoms with E-state index in [-0.39, 0.29) is 40.3 Å². The van der Waals surface area contributed by atoms with E-state index in [1.54, 1.807) is 10.1 Å². The first-order valence-electron chi connectivity index (χ1n) is 13.1. The van der Waals surface area contributed by atoms with Crippen LogP contribution in [0.15, 0.2) is 0 Å². The van der Waals surface area contributed by atoms with E-state index in [0.29, 0.717) is 0 Å². The molecule has 2 heterocycles. The Morgan fingerprint density at radius 1 is 0.719 bits per heavy atom. The lowest BCUT2D eigenvalue weighted by Crippen LogP contribution is -2.62. The van der Waals surface area contributed by atoms with Crippen LogP contribution in [0.3, 0.4) is 0 Å². The second kappa shape index (κ2) is 10.6. The molecule has 0 aromatic heterocycles. The fourth-order valence-electron chi connectivity index (χ4n) is 6.77. The summed E-state index contributed by atoms with van der Waals surface area (Å²) in [5.74, 6) is 0. The Morgan fingerprint density at radius 3 is 1.59 bits per heavy atom. The third-order valence-electron chi connectivity index (χ3n) is 7.40. The van der Waals surface area contributed by atoms with E-state index in [2.05, 4.69) is 72.9 Å². The molecule has 1 unspecified atom stereocenters. The lowest BCUT2D eigenvalue weighted by atomic mass is 9.79. The zero-order chi connectivity index (χ0) is 24.4. The maximum atomic E-state index is 11.1. The third-order valence-corrected chi connectivity index (χ3v) is 7.40. The molecule has 0 bridgehead atoms. The quantitative estimate of drug-likeness (QED) is 0.264. The van der Waals surface area contributed by atoms with Crippen LogP contribution in [0, 0.1) is 0 Å². The molecule has 1 atom stereocenters. The highest BCUT2D eigenvalue weighted by atomic mass is 16.5.